The second-order valence-electron chi connectivity index (χ2n) is 3.78. The van der Waals surface area contributed by atoms with Crippen LogP contribution in [-0.4, -0.2) is 10.9 Å². The fourth-order valence-electron chi connectivity index (χ4n) is 1.61. The summed E-state index contributed by atoms with van der Waals surface area (Å²) in [5.74, 6) is -0.133. The van der Waals surface area contributed by atoms with Crippen LogP contribution in [0.3, 0.4) is 0 Å². The van der Waals surface area contributed by atoms with Gasteiger partial charge >= 0.3 is 0 Å². The van der Waals surface area contributed by atoms with Gasteiger partial charge in [-0.05, 0) is 17.9 Å². The van der Waals surface area contributed by atoms with Crippen molar-refractivity contribution in [3.05, 3.63) is 38.5 Å². The van der Waals surface area contributed by atoms with E-state index in [0.29, 0.717) is 12.2 Å². The molecule has 0 saturated carbocycles. The smallest absolute Gasteiger partial charge is 0.271 e. The molecule has 96 valence electrons. The highest BCUT2D eigenvalue weighted by Gasteiger charge is 2.16. The predicted molar refractivity (Wildman–Crippen MR) is 74.8 cm³/mol. The molecule has 0 spiro atoms. The van der Waals surface area contributed by atoms with Gasteiger partial charge in [0.15, 0.2) is 0 Å². The number of hydrogen-bond donors (Lipinski definition) is 2. The standard InChI is InChI=1S/C12H15N3OS2/c1-2-8(10-4-3-5-17-10)15-12(16)9-7-18-11(6-13)14-9/h3-5,7-8H,2,6,13H2,1H3,(H,15,16). The molecule has 0 aliphatic carbocycles. The minimum Gasteiger partial charge on any atom is -0.343 e. The van der Waals surface area contributed by atoms with Gasteiger partial charge < -0.3 is 11.1 Å². The Bertz CT molecular complexity index is 507. The highest BCUT2D eigenvalue weighted by Crippen LogP contribution is 2.22. The largest absolute Gasteiger partial charge is 0.343 e. The molecule has 0 aliphatic heterocycles. The van der Waals surface area contributed by atoms with E-state index < -0.39 is 0 Å². The summed E-state index contributed by atoms with van der Waals surface area (Å²) in [6.07, 6.45) is 0.861. The van der Waals surface area contributed by atoms with Crippen LogP contribution in [0, 0.1) is 0 Å². The number of thiazole rings is 1. The maximum Gasteiger partial charge on any atom is 0.271 e. The predicted octanol–water partition coefficient (Wildman–Crippen LogP) is 2.54. The van der Waals surface area contributed by atoms with Crippen LogP contribution in [0.25, 0.3) is 0 Å². The summed E-state index contributed by atoms with van der Waals surface area (Å²) >= 11 is 3.07. The summed E-state index contributed by atoms with van der Waals surface area (Å²) in [5.41, 5.74) is 5.94. The molecular formula is C12H15N3OS2. The first-order valence-electron chi connectivity index (χ1n) is 5.73. The first kappa shape index (κ1) is 13.2. The van der Waals surface area contributed by atoms with E-state index in [1.165, 1.54) is 16.2 Å². The number of carbonyl (C=O) groups is 1. The molecule has 0 bridgehead atoms. The zero-order chi connectivity index (χ0) is 13.0. The summed E-state index contributed by atoms with van der Waals surface area (Å²) < 4.78 is 0. The molecule has 0 fully saturated rings. The van der Waals surface area contributed by atoms with Gasteiger partial charge in [0.05, 0.1) is 6.04 Å². The fourth-order valence-corrected chi connectivity index (χ4v) is 3.12. The zero-order valence-electron chi connectivity index (χ0n) is 10.1. The number of carbonyl (C=O) groups excluding carboxylic acids is 1. The third kappa shape index (κ3) is 2.95. The number of rotatable bonds is 5. The molecule has 1 unspecified atom stereocenters. The number of nitrogens with two attached hydrogens (primary N) is 1. The Hall–Kier alpha value is -1.24. The lowest BCUT2D eigenvalue weighted by Crippen LogP contribution is -2.27. The van der Waals surface area contributed by atoms with Gasteiger partial charge in [-0.15, -0.1) is 22.7 Å². The van der Waals surface area contributed by atoms with Gasteiger partial charge in [0.2, 0.25) is 0 Å². The van der Waals surface area contributed by atoms with E-state index in [4.69, 9.17) is 5.73 Å². The maximum absolute atomic E-state index is 12.0. The van der Waals surface area contributed by atoms with Crippen molar-refractivity contribution in [1.29, 1.82) is 0 Å². The molecule has 18 heavy (non-hydrogen) atoms. The third-order valence-corrected chi connectivity index (χ3v) is 4.42. The van der Waals surface area contributed by atoms with Crippen molar-refractivity contribution in [3.8, 4) is 0 Å². The summed E-state index contributed by atoms with van der Waals surface area (Å²) in [6.45, 7) is 2.43. The van der Waals surface area contributed by atoms with Gasteiger partial charge in [0, 0.05) is 16.8 Å². The van der Waals surface area contributed by atoms with Crippen molar-refractivity contribution in [2.24, 2.45) is 5.73 Å². The van der Waals surface area contributed by atoms with Crippen LogP contribution in [0.5, 0.6) is 0 Å². The molecule has 1 atom stereocenters. The lowest BCUT2D eigenvalue weighted by Gasteiger charge is -2.14. The first-order chi connectivity index (χ1) is 8.74. The molecule has 1 amide bonds. The Morgan fingerprint density at radius 3 is 2.94 bits per heavy atom. The van der Waals surface area contributed by atoms with Gasteiger partial charge in [-0.2, -0.15) is 0 Å². The average Bonchev–Trinajstić information content (AvgIpc) is 3.05. The van der Waals surface area contributed by atoms with Crippen LogP contribution >= 0.6 is 22.7 Å². The Morgan fingerprint density at radius 1 is 1.56 bits per heavy atom. The monoisotopic (exact) mass is 281 g/mol. The van der Waals surface area contributed by atoms with E-state index in [2.05, 4.69) is 17.2 Å². The zero-order valence-corrected chi connectivity index (χ0v) is 11.7. The number of hydrogen-bond acceptors (Lipinski definition) is 5. The van der Waals surface area contributed by atoms with Crippen molar-refractivity contribution >= 4 is 28.6 Å². The first-order valence-corrected chi connectivity index (χ1v) is 7.49. The molecule has 2 aromatic heterocycles. The van der Waals surface area contributed by atoms with E-state index in [1.54, 1.807) is 16.7 Å². The minimum atomic E-state index is -0.133. The van der Waals surface area contributed by atoms with Crippen LogP contribution in [-0.2, 0) is 6.54 Å². The molecule has 2 heterocycles. The van der Waals surface area contributed by atoms with Crippen molar-refractivity contribution in [1.82, 2.24) is 10.3 Å². The van der Waals surface area contributed by atoms with Crippen molar-refractivity contribution in [2.45, 2.75) is 25.9 Å². The fraction of sp³-hybridized carbons (Fsp3) is 0.333. The summed E-state index contributed by atoms with van der Waals surface area (Å²) in [6, 6.07) is 4.08. The Kier molecular flexibility index (Phi) is 4.46. The third-order valence-electron chi connectivity index (χ3n) is 2.56. The number of aromatic nitrogens is 1. The number of nitrogens with zero attached hydrogens (tertiary/aromatic N) is 1. The average molecular weight is 281 g/mol. The van der Waals surface area contributed by atoms with Crippen molar-refractivity contribution in [2.75, 3.05) is 0 Å². The van der Waals surface area contributed by atoms with Crippen molar-refractivity contribution < 1.29 is 4.79 Å². The molecule has 0 radical (unpaired) electrons. The summed E-state index contributed by atoms with van der Waals surface area (Å²) in [5, 5.41) is 7.54. The minimum absolute atomic E-state index is 0.0560. The van der Waals surface area contributed by atoms with Gasteiger partial charge in [-0.25, -0.2) is 4.98 Å². The molecule has 2 rings (SSSR count). The second-order valence-corrected chi connectivity index (χ2v) is 5.70. The summed E-state index contributed by atoms with van der Waals surface area (Å²) in [4.78, 5) is 17.4. The van der Waals surface area contributed by atoms with Crippen LogP contribution in [0.4, 0.5) is 0 Å². The SMILES string of the molecule is CCC(NC(=O)c1csc(CN)n1)c1cccs1. The molecule has 0 aromatic carbocycles. The van der Waals surface area contributed by atoms with E-state index in [-0.39, 0.29) is 11.9 Å². The highest BCUT2D eigenvalue weighted by molar-refractivity contribution is 7.10. The quantitative estimate of drug-likeness (QED) is 0.885. The second kappa shape index (κ2) is 6.08. The highest BCUT2D eigenvalue weighted by atomic mass is 32.1. The molecule has 4 nitrogen and oxygen atoms in total. The van der Waals surface area contributed by atoms with Crippen LogP contribution in [0.15, 0.2) is 22.9 Å². The number of amides is 1. The normalized spacial score (nSPS) is 12.3. The van der Waals surface area contributed by atoms with Gasteiger partial charge in [-0.3, -0.25) is 4.79 Å². The Morgan fingerprint density at radius 2 is 2.39 bits per heavy atom. The number of nitrogens with one attached hydrogen (secondary N) is 1. The van der Waals surface area contributed by atoms with Gasteiger partial charge in [0.1, 0.15) is 10.7 Å². The van der Waals surface area contributed by atoms with E-state index in [0.717, 1.165) is 11.4 Å². The van der Waals surface area contributed by atoms with E-state index in [9.17, 15) is 4.79 Å². The van der Waals surface area contributed by atoms with Crippen molar-refractivity contribution in [3.63, 3.8) is 0 Å². The van der Waals surface area contributed by atoms with Crippen LogP contribution in [0.2, 0.25) is 0 Å². The molecular weight excluding hydrogens is 266 g/mol. The molecule has 3 N–H and O–H groups in total. The molecule has 0 saturated heterocycles. The van der Waals surface area contributed by atoms with Gasteiger partial charge in [0.25, 0.3) is 5.91 Å². The van der Waals surface area contributed by atoms with Crippen LogP contribution < -0.4 is 11.1 Å². The Labute approximate surface area is 114 Å². The van der Waals surface area contributed by atoms with Crippen LogP contribution in [0.1, 0.15) is 39.8 Å². The molecule has 0 aliphatic rings. The number of thiophene rings is 1. The lowest BCUT2D eigenvalue weighted by molar-refractivity contribution is 0.0932. The Balaban J connectivity index is 2.06. The van der Waals surface area contributed by atoms with E-state index >= 15 is 0 Å². The summed E-state index contributed by atoms with van der Waals surface area (Å²) in [7, 11) is 0. The maximum atomic E-state index is 12.0. The topological polar surface area (TPSA) is 68.0 Å². The lowest BCUT2D eigenvalue weighted by atomic mass is 10.2. The van der Waals surface area contributed by atoms with E-state index in [1.807, 2.05) is 17.5 Å². The van der Waals surface area contributed by atoms with Gasteiger partial charge in [-0.1, -0.05) is 13.0 Å². The molecule has 6 heteroatoms. The molecule has 2 aromatic rings.